The van der Waals surface area contributed by atoms with Crippen molar-refractivity contribution in [2.24, 2.45) is 0 Å². The van der Waals surface area contributed by atoms with Crippen molar-refractivity contribution >= 4 is 11.6 Å². The van der Waals surface area contributed by atoms with Gasteiger partial charge >= 0.3 is 0 Å². The van der Waals surface area contributed by atoms with E-state index in [2.05, 4.69) is 0 Å². The van der Waals surface area contributed by atoms with Crippen LogP contribution in [-0.4, -0.2) is 33.1 Å². The molecule has 2 unspecified atom stereocenters. The number of rotatable bonds is 4. The van der Waals surface area contributed by atoms with Gasteiger partial charge < -0.3 is 20.4 Å². The van der Waals surface area contributed by atoms with Gasteiger partial charge in [0.05, 0.1) is 13.2 Å². The van der Waals surface area contributed by atoms with Crippen molar-refractivity contribution in [3.8, 4) is 0 Å². The van der Waals surface area contributed by atoms with Crippen LogP contribution in [-0.2, 0) is 6.61 Å². The average Bonchev–Trinajstić information content (AvgIpc) is 2.27. The normalized spacial score (nSPS) is 15.0. The second-order valence-electron chi connectivity index (χ2n) is 3.20. The number of aliphatic hydroxyl groups is 4. The summed E-state index contributed by atoms with van der Waals surface area (Å²) in [7, 11) is 0. The highest BCUT2D eigenvalue weighted by atomic mass is 35.5. The maximum Gasteiger partial charge on any atom is 0.107 e. The van der Waals surface area contributed by atoms with E-state index in [9.17, 15) is 10.2 Å². The minimum atomic E-state index is -1.24. The molecule has 0 radical (unpaired) electrons. The van der Waals surface area contributed by atoms with Gasteiger partial charge in [-0.3, -0.25) is 0 Å². The minimum Gasteiger partial charge on any atom is -0.394 e. The molecule has 0 aromatic heterocycles. The highest BCUT2D eigenvalue weighted by Crippen LogP contribution is 2.23. The van der Waals surface area contributed by atoms with E-state index in [0.29, 0.717) is 16.1 Å². The Kier molecular flexibility index (Phi) is 4.50. The minimum absolute atomic E-state index is 0.241. The van der Waals surface area contributed by atoms with Crippen LogP contribution in [0.4, 0.5) is 0 Å². The molecular weight excluding hydrogens is 220 g/mol. The first kappa shape index (κ1) is 12.4. The predicted octanol–water partition coefficient (Wildman–Crippen LogP) is 0.219. The van der Waals surface area contributed by atoms with Crippen molar-refractivity contribution in [2.75, 3.05) is 6.61 Å². The number of aliphatic hydroxyl groups excluding tert-OH is 4. The molecule has 2 atom stereocenters. The van der Waals surface area contributed by atoms with Crippen LogP contribution in [0.3, 0.4) is 0 Å². The van der Waals surface area contributed by atoms with E-state index < -0.39 is 18.8 Å². The standard InChI is InChI=1S/C10H13ClO4/c11-8-2-1-6(3-7(8)4-12)10(15)9(14)5-13/h1-3,9-10,12-15H,4-5H2. The van der Waals surface area contributed by atoms with E-state index in [1.54, 1.807) is 0 Å². The monoisotopic (exact) mass is 232 g/mol. The predicted molar refractivity (Wildman–Crippen MR) is 55.4 cm³/mol. The largest absolute Gasteiger partial charge is 0.394 e. The summed E-state index contributed by atoms with van der Waals surface area (Å²) < 4.78 is 0. The molecule has 0 aliphatic carbocycles. The van der Waals surface area contributed by atoms with Gasteiger partial charge in [-0.2, -0.15) is 0 Å². The summed E-state index contributed by atoms with van der Waals surface area (Å²) >= 11 is 5.76. The molecule has 0 spiro atoms. The van der Waals surface area contributed by atoms with Gasteiger partial charge in [0.25, 0.3) is 0 Å². The maximum atomic E-state index is 9.57. The van der Waals surface area contributed by atoms with E-state index in [4.69, 9.17) is 21.8 Å². The molecule has 1 aromatic rings. The zero-order valence-corrected chi connectivity index (χ0v) is 8.72. The third-order valence-electron chi connectivity index (χ3n) is 2.13. The molecule has 0 aliphatic rings. The quantitative estimate of drug-likeness (QED) is 0.599. The Balaban J connectivity index is 2.95. The summed E-state index contributed by atoms with van der Waals surface area (Å²) in [6.45, 7) is -0.771. The number of hydrogen-bond donors (Lipinski definition) is 4. The second-order valence-corrected chi connectivity index (χ2v) is 3.61. The molecule has 0 heterocycles. The van der Waals surface area contributed by atoms with Crippen LogP contribution in [0.2, 0.25) is 5.02 Å². The lowest BCUT2D eigenvalue weighted by atomic mass is 10.0. The molecule has 0 amide bonds. The Hall–Kier alpha value is -0.650. The average molecular weight is 233 g/mol. The first-order chi connectivity index (χ1) is 7.10. The zero-order valence-electron chi connectivity index (χ0n) is 7.97. The molecule has 0 bridgehead atoms. The topological polar surface area (TPSA) is 80.9 Å². The summed E-state index contributed by atoms with van der Waals surface area (Å²) in [5.41, 5.74) is 0.878. The summed E-state index contributed by atoms with van der Waals surface area (Å²) in [6.07, 6.45) is -2.42. The zero-order chi connectivity index (χ0) is 11.4. The fourth-order valence-electron chi connectivity index (χ4n) is 1.22. The molecule has 0 saturated heterocycles. The van der Waals surface area contributed by atoms with Crippen molar-refractivity contribution in [3.63, 3.8) is 0 Å². The van der Waals surface area contributed by atoms with Crippen molar-refractivity contribution in [2.45, 2.75) is 18.8 Å². The van der Waals surface area contributed by atoms with Crippen LogP contribution in [0, 0.1) is 0 Å². The van der Waals surface area contributed by atoms with Crippen LogP contribution in [0.1, 0.15) is 17.2 Å². The molecule has 4 N–H and O–H groups in total. The van der Waals surface area contributed by atoms with Gasteiger partial charge in [0.1, 0.15) is 12.2 Å². The first-order valence-corrected chi connectivity index (χ1v) is 4.84. The van der Waals surface area contributed by atoms with Gasteiger partial charge in [-0.15, -0.1) is 0 Å². The second kappa shape index (κ2) is 5.44. The Bertz CT molecular complexity index is 329. The van der Waals surface area contributed by atoms with E-state index in [1.165, 1.54) is 18.2 Å². The Morgan fingerprint density at radius 3 is 2.40 bits per heavy atom. The summed E-state index contributed by atoms with van der Waals surface area (Å²) in [5, 5.41) is 36.8. The van der Waals surface area contributed by atoms with E-state index in [-0.39, 0.29) is 6.61 Å². The van der Waals surface area contributed by atoms with Gasteiger partial charge in [0.15, 0.2) is 0 Å². The van der Waals surface area contributed by atoms with Crippen molar-refractivity contribution in [1.82, 2.24) is 0 Å². The molecule has 15 heavy (non-hydrogen) atoms. The van der Waals surface area contributed by atoms with Gasteiger partial charge in [-0.05, 0) is 23.3 Å². The maximum absolute atomic E-state index is 9.57. The molecule has 1 aromatic carbocycles. The molecule has 5 heteroatoms. The lowest BCUT2D eigenvalue weighted by molar-refractivity contribution is -0.0153. The first-order valence-electron chi connectivity index (χ1n) is 4.46. The lowest BCUT2D eigenvalue weighted by Crippen LogP contribution is -2.22. The van der Waals surface area contributed by atoms with Gasteiger partial charge in [-0.1, -0.05) is 17.7 Å². The highest BCUT2D eigenvalue weighted by molar-refractivity contribution is 6.31. The van der Waals surface area contributed by atoms with Crippen LogP contribution in [0.5, 0.6) is 0 Å². The van der Waals surface area contributed by atoms with Gasteiger partial charge in [-0.25, -0.2) is 0 Å². The Morgan fingerprint density at radius 2 is 1.87 bits per heavy atom. The number of halogens is 1. The van der Waals surface area contributed by atoms with Crippen molar-refractivity contribution in [1.29, 1.82) is 0 Å². The summed E-state index contributed by atoms with van der Waals surface area (Å²) in [5.74, 6) is 0. The van der Waals surface area contributed by atoms with E-state index in [0.717, 1.165) is 0 Å². The number of hydrogen-bond acceptors (Lipinski definition) is 4. The Morgan fingerprint density at radius 1 is 1.20 bits per heavy atom. The molecule has 1 rings (SSSR count). The molecule has 0 fully saturated rings. The van der Waals surface area contributed by atoms with Gasteiger partial charge in [0, 0.05) is 5.02 Å². The third kappa shape index (κ3) is 2.90. The third-order valence-corrected chi connectivity index (χ3v) is 2.50. The van der Waals surface area contributed by atoms with Crippen molar-refractivity contribution in [3.05, 3.63) is 34.3 Å². The van der Waals surface area contributed by atoms with Gasteiger partial charge in [0.2, 0.25) is 0 Å². The van der Waals surface area contributed by atoms with Crippen molar-refractivity contribution < 1.29 is 20.4 Å². The van der Waals surface area contributed by atoms with Crippen LogP contribution >= 0.6 is 11.6 Å². The molecule has 84 valence electrons. The fraction of sp³-hybridized carbons (Fsp3) is 0.400. The molecule has 0 saturated carbocycles. The smallest absolute Gasteiger partial charge is 0.107 e. The highest BCUT2D eigenvalue weighted by Gasteiger charge is 2.18. The molecule has 4 nitrogen and oxygen atoms in total. The van der Waals surface area contributed by atoms with Crippen LogP contribution in [0.25, 0.3) is 0 Å². The summed E-state index contributed by atoms with van der Waals surface area (Å²) in [4.78, 5) is 0. The molecular formula is C10H13ClO4. The molecule has 0 aliphatic heterocycles. The summed E-state index contributed by atoms with van der Waals surface area (Å²) in [6, 6.07) is 4.55. The lowest BCUT2D eigenvalue weighted by Gasteiger charge is -2.16. The number of benzene rings is 1. The van der Waals surface area contributed by atoms with Crippen LogP contribution < -0.4 is 0 Å². The fourth-order valence-corrected chi connectivity index (χ4v) is 1.40. The van der Waals surface area contributed by atoms with Crippen LogP contribution in [0.15, 0.2) is 18.2 Å². The van der Waals surface area contributed by atoms with E-state index in [1.807, 2.05) is 0 Å². The SMILES string of the molecule is OCc1cc(C(O)C(O)CO)ccc1Cl. The van der Waals surface area contributed by atoms with E-state index >= 15 is 0 Å². The Labute approximate surface area is 92.4 Å².